The summed E-state index contributed by atoms with van der Waals surface area (Å²) in [6, 6.07) is 8.19. The van der Waals surface area contributed by atoms with Crippen molar-refractivity contribution >= 4 is 22.2 Å². The number of nitrogens with one attached hydrogen (secondary N) is 1. The summed E-state index contributed by atoms with van der Waals surface area (Å²) in [5.41, 5.74) is 1.83. The van der Waals surface area contributed by atoms with E-state index in [1.165, 1.54) is 28.3 Å². The molecule has 0 saturated heterocycles. The number of carbonyl (C=O) groups is 1. The van der Waals surface area contributed by atoms with Crippen molar-refractivity contribution in [2.45, 2.75) is 40.0 Å². The smallest absolute Gasteiger partial charge is 0.262 e. The highest BCUT2D eigenvalue weighted by Crippen LogP contribution is 2.43. The van der Waals surface area contributed by atoms with Gasteiger partial charge in [-0.15, -0.1) is 11.3 Å². The molecule has 1 aromatic carbocycles. The van der Waals surface area contributed by atoms with Crippen molar-refractivity contribution in [1.82, 2.24) is 0 Å². The highest BCUT2D eigenvalue weighted by atomic mass is 32.1. The third-order valence-electron chi connectivity index (χ3n) is 5.05. The number of fused-ring (bicyclic) bond motifs is 1. The molecule has 4 nitrogen and oxygen atoms in total. The maximum Gasteiger partial charge on any atom is 0.262 e. The number of halogens is 1. The Morgan fingerprint density at radius 2 is 2.15 bits per heavy atom. The molecule has 1 aliphatic carbocycles. The average molecular weight is 386 g/mol. The van der Waals surface area contributed by atoms with Gasteiger partial charge >= 0.3 is 0 Å². The third-order valence-corrected chi connectivity index (χ3v) is 6.22. The SMILES string of the molecule is CC(C)(C)[C@H]1CCc2c(sc(NC(=O)COc3ccccc3F)c2C#N)C1. The number of nitrogens with zero attached hydrogens (tertiary/aromatic N) is 1. The van der Waals surface area contributed by atoms with Crippen LogP contribution in [0.5, 0.6) is 5.75 Å². The summed E-state index contributed by atoms with van der Waals surface area (Å²) in [6.45, 7) is 6.41. The van der Waals surface area contributed by atoms with E-state index >= 15 is 0 Å². The van der Waals surface area contributed by atoms with Gasteiger partial charge in [0.15, 0.2) is 18.2 Å². The van der Waals surface area contributed by atoms with E-state index in [1.807, 2.05) is 0 Å². The summed E-state index contributed by atoms with van der Waals surface area (Å²) < 4.78 is 18.8. The summed E-state index contributed by atoms with van der Waals surface area (Å²) >= 11 is 1.48. The van der Waals surface area contributed by atoms with Crippen LogP contribution in [0.2, 0.25) is 0 Å². The van der Waals surface area contributed by atoms with Crippen LogP contribution in [0.1, 0.15) is 43.2 Å². The zero-order valence-electron chi connectivity index (χ0n) is 15.8. The maximum atomic E-state index is 13.6. The second-order valence-corrected chi connectivity index (χ2v) is 9.00. The van der Waals surface area contributed by atoms with Gasteiger partial charge in [0.2, 0.25) is 0 Å². The zero-order valence-corrected chi connectivity index (χ0v) is 16.6. The number of para-hydroxylation sites is 1. The summed E-state index contributed by atoms with van der Waals surface area (Å²) in [7, 11) is 0. The first-order valence-corrected chi connectivity index (χ1v) is 9.83. The summed E-state index contributed by atoms with van der Waals surface area (Å²) in [6.07, 6.45) is 2.84. The van der Waals surface area contributed by atoms with E-state index in [0.29, 0.717) is 16.5 Å². The Hall–Kier alpha value is -2.39. The van der Waals surface area contributed by atoms with Gasteiger partial charge < -0.3 is 10.1 Å². The monoisotopic (exact) mass is 386 g/mol. The number of rotatable bonds is 4. The summed E-state index contributed by atoms with van der Waals surface area (Å²) in [4.78, 5) is 13.4. The van der Waals surface area contributed by atoms with Crippen molar-refractivity contribution < 1.29 is 13.9 Å². The van der Waals surface area contributed by atoms with E-state index in [1.54, 1.807) is 12.1 Å². The number of hydrogen-bond acceptors (Lipinski definition) is 4. The lowest BCUT2D eigenvalue weighted by atomic mass is 9.72. The lowest BCUT2D eigenvalue weighted by Gasteiger charge is -2.33. The highest BCUT2D eigenvalue weighted by Gasteiger charge is 2.32. The molecule has 0 fully saturated rings. The normalized spacial score (nSPS) is 16.3. The lowest BCUT2D eigenvalue weighted by Crippen LogP contribution is -2.26. The van der Waals surface area contributed by atoms with E-state index in [0.717, 1.165) is 24.8 Å². The minimum absolute atomic E-state index is 0.0339. The Kier molecular flexibility index (Phi) is 5.52. The van der Waals surface area contributed by atoms with Gasteiger partial charge in [-0.25, -0.2) is 4.39 Å². The van der Waals surface area contributed by atoms with Crippen LogP contribution < -0.4 is 10.1 Å². The van der Waals surface area contributed by atoms with Crippen molar-refractivity contribution in [3.05, 3.63) is 46.1 Å². The van der Waals surface area contributed by atoms with Gasteiger partial charge in [0.05, 0.1) is 5.56 Å². The fraction of sp³-hybridized carbons (Fsp3) is 0.429. The minimum Gasteiger partial charge on any atom is -0.481 e. The van der Waals surface area contributed by atoms with Gasteiger partial charge in [-0.1, -0.05) is 32.9 Å². The number of benzene rings is 1. The molecule has 0 spiro atoms. The van der Waals surface area contributed by atoms with Crippen LogP contribution in [-0.4, -0.2) is 12.5 Å². The predicted molar refractivity (Wildman–Crippen MR) is 105 cm³/mol. The first kappa shape index (κ1) is 19.4. The van der Waals surface area contributed by atoms with Crippen LogP contribution in [0.25, 0.3) is 0 Å². The Morgan fingerprint density at radius 1 is 1.41 bits per heavy atom. The summed E-state index contributed by atoms with van der Waals surface area (Å²) in [5, 5.41) is 12.9. The topological polar surface area (TPSA) is 62.1 Å². The van der Waals surface area contributed by atoms with Gasteiger partial charge in [-0.2, -0.15) is 5.26 Å². The minimum atomic E-state index is -0.511. The molecule has 27 heavy (non-hydrogen) atoms. The predicted octanol–water partition coefficient (Wildman–Crippen LogP) is 4.93. The third kappa shape index (κ3) is 4.30. The van der Waals surface area contributed by atoms with Crippen LogP contribution in [0.3, 0.4) is 0 Å². The van der Waals surface area contributed by atoms with Crippen LogP contribution >= 0.6 is 11.3 Å². The molecular weight excluding hydrogens is 363 g/mol. The molecule has 1 aliphatic rings. The largest absolute Gasteiger partial charge is 0.481 e. The molecule has 0 bridgehead atoms. The highest BCUT2D eigenvalue weighted by molar-refractivity contribution is 7.16. The molecule has 2 aromatic rings. The van der Waals surface area contributed by atoms with E-state index in [4.69, 9.17) is 4.74 Å². The Bertz CT molecular complexity index is 893. The van der Waals surface area contributed by atoms with Crippen molar-refractivity contribution in [2.75, 3.05) is 11.9 Å². The molecule has 6 heteroatoms. The van der Waals surface area contributed by atoms with Crippen molar-refractivity contribution in [3.63, 3.8) is 0 Å². The first-order chi connectivity index (χ1) is 12.8. The van der Waals surface area contributed by atoms with Crippen molar-refractivity contribution in [2.24, 2.45) is 11.3 Å². The van der Waals surface area contributed by atoms with Gasteiger partial charge in [-0.3, -0.25) is 4.79 Å². The van der Waals surface area contributed by atoms with Crippen LogP contribution in [-0.2, 0) is 17.6 Å². The fourth-order valence-corrected chi connectivity index (χ4v) is 4.69. The first-order valence-electron chi connectivity index (χ1n) is 9.01. The molecule has 1 heterocycles. The summed E-state index contributed by atoms with van der Waals surface area (Å²) in [5.74, 6) is -0.321. The van der Waals surface area contributed by atoms with Gasteiger partial charge in [0, 0.05) is 4.88 Å². The number of nitriles is 1. The van der Waals surface area contributed by atoms with Crippen LogP contribution in [0, 0.1) is 28.5 Å². The average Bonchev–Trinajstić information content (AvgIpc) is 2.96. The Morgan fingerprint density at radius 3 is 2.81 bits per heavy atom. The molecule has 0 unspecified atom stereocenters. The van der Waals surface area contributed by atoms with E-state index in [-0.39, 0.29) is 17.8 Å². The number of hydrogen-bond donors (Lipinski definition) is 1. The second kappa shape index (κ2) is 7.69. The zero-order chi connectivity index (χ0) is 19.6. The lowest BCUT2D eigenvalue weighted by molar-refractivity contribution is -0.118. The van der Waals surface area contributed by atoms with E-state index in [9.17, 15) is 14.4 Å². The standard InChI is InChI=1S/C21H23FN2O2S/c1-21(2,3)13-8-9-14-15(11-23)20(27-18(14)10-13)24-19(25)12-26-17-7-5-4-6-16(17)22/h4-7,13H,8-10,12H2,1-3H3,(H,24,25)/t13-/m0/s1. The number of carbonyl (C=O) groups excluding carboxylic acids is 1. The molecule has 1 N–H and O–H groups in total. The van der Waals surface area contributed by atoms with E-state index in [2.05, 4.69) is 32.2 Å². The Labute approximate surface area is 163 Å². The molecule has 142 valence electrons. The molecule has 1 atom stereocenters. The Balaban J connectivity index is 1.71. The number of ether oxygens (including phenoxy) is 1. The fourth-order valence-electron chi connectivity index (χ4n) is 3.40. The van der Waals surface area contributed by atoms with Crippen molar-refractivity contribution in [1.29, 1.82) is 5.26 Å². The number of amides is 1. The molecular formula is C21H23FN2O2S. The quantitative estimate of drug-likeness (QED) is 0.811. The van der Waals surface area contributed by atoms with E-state index < -0.39 is 11.7 Å². The molecule has 0 saturated carbocycles. The second-order valence-electron chi connectivity index (χ2n) is 7.89. The molecule has 1 amide bonds. The molecule has 3 rings (SSSR count). The van der Waals surface area contributed by atoms with Crippen LogP contribution in [0.15, 0.2) is 24.3 Å². The van der Waals surface area contributed by atoms with Crippen molar-refractivity contribution in [3.8, 4) is 11.8 Å². The number of thiophene rings is 1. The number of anilines is 1. The van der Waals surface area contributed by atoms with Gasteiger partial charge in [0.25, 0.3) is 5.91 Å². The van der Waals surface area contributed by atoms with Gasteiger partial charge in [-0.05, 0) is 48.3 Å². The molecule has 1 aromatic heterocycles. The van der Waals surface area contributed by atoms with Gasteiger partial charge in [0.1, 0.15) is 11.1 Å². The van der Waals surface area contributed by atoms with Crippen LogP contribution in [0.4, 0.5) is 9.39 Å². The maximum absolute atomic E-state index is 13.6. The molecule has 0 radical (unpaired) electrons. The molecule has 0 aliphatic heterocycles.